The molecule has 0 aliphatic carbocycles. The van der Waals surface area contributed by atoms with Gasteiger partial charge in [-0.05, 0) is 48.2 Å². The first-order valence-corrected chi connectivity index (χ1v) is 9.22. The zero-order valence-corrected chi connectivity index (χ0v) is 16.5. The van der Waals surface area contributed by atoms with Crippen LogP contribution in [0.1, 0.15) is 44.2 Å². The van der Waals surface area contributed by atoms with Gasteiger partial charge in [0.2, 0.25) is 11.8 Å². The second kappa shape index (κ2) is 9.45. The second-order valence-corrected chi connectivity index (χ2v) is 6.77. The average molecular weight is 407 g/mol. The Morgan fingerprint density at radius 1 is 1.00 bits per heavy atom. The SMILES string of the molecule is CC[C@@H](C)c1ccc(NC(=O)CNc2ccc(NC(C)=O)cc2C(F)(F)F)cc1. The number of hydrogen-bond donors (Lipinski definition) is 3. The smallest absolute Gasteiger partial charge is 0.376 e. The highest BCUT2D eigenvalue weighted by Gasteiger charge is 2.34. The van der Waals surface area contributed by atoms with Crippen LogP contribution >= 0.6 is 0 Å². The third-order valence-corrected chi connectivity index (χ3v) is 4.46. The Labute approximate surface area is 167 Å². The molecule has 0 saturated carbocycles. The summed E-state index contributed by atoms with van der Waals surface area (Å²) < 4.78 is 39.9. The van der Waals surface area contributed by atoms with Crippen molar-refractivity contribution in [2.45, 2.75) is 39.3 Å². The van der Waals surface area contributed by atoms with E-state index in [2.05, 4.69) is 29.8 Å². The van der Waals surface area contributed by atoms with Crippen LogP contribution < -0.4 is 16.0 Å². The van der Waals surface area contributed by atoms with E-state index in [1.54, 1.807) is 12.1 Å². The van der Waals surface area contributed by atoms with Crippen LogP contribution in [0.3, 0.4) is 0 Å². The van der Waals surface area contributed by atoms with E-state index >= 15 is 0 Å². The predicted molar refractivity (Wildman–Crippen MR) is 108 cm³/mol. The van der Waals surface area contributed by atoms with E-state index in [9.17, 15) is 22.8 Å². The number of amides is 2. The molecule has 0 bridgehead atoms. The maximum atomic E-state index is 13.3. The van der Waals surface area contributed by atoms with Gasteiger partial charge in [0.05, 0.1) is 12.1 Å². The van der Waals surface area contributed by atoms with Gasteiger partial charge in [0.25, 0.3) is 0 Å². The fourth-order valence-electron chi connectivity index (χ4n) is 2.73. The summed E-state index contributed by atoms with van der Waals surface area (Å²) in [5, 5.41) is 7.48. The fraction of sp³-hybridized carbons (Fsp3) is 0.333. The fourth-order valence-corrected chi connectivity index (χ4v) is 2.73. The molecule has 8 heteroatoms. The molecule has 0 heterocycles. The zero-order valence-electron chi connectivity index (χ0n) is 16.5. The van der Waals surface area contributed by atoms with Crippen molar-refractivity contribution in [3.8, 4) is 0 Å². The van der Waals surface area contributed by atoms with Crippen LogP contribution in [0.2, 0.25) is 0 Å². The molecule has 0 unspecified atom stereocenters. The molecule has 0 aromatic heterocycles. The Kier molecular flexibility index (Phi) is 7.25. The Balaban J connectivity index is 2.04. The molecular formula is C21H24F3N3O2. The summed E-state index contributed by atoms with van der Waals surface area (Å²) in [5.41, 5.74) is 0.545. The molecule has 156 valence electrons. The van der Waals surface area contributed by atoms with Gasteiger partial charge >= 0.3 is 6.18 Å². The number of alkyl halides is 3. The van der Waals surface area contributed by atoms with Crippen molar-refractivity contribution in [1.82, 2.24) is 0 Å². The summed E-state index contributed by atoms with van der Waals surface area (Å²) in [6, 6.07) is 10.7. The highest BCUT2D eigenvalue weighted by Crippen LogP contribution is 2.36. The first-order valence-electron chi connectivity index (χ1n) is 9.22. The standard InChI is InChI=1S/C21H24F3N3O2/c1-4-13(2)15-5-7-16(8-6-15)27-20(29)12-25-19-10-9-17(26-14(3)28)11-18(19)21(22,23)24/h5-11,13,25H,4,12H2,1-3H3,(H,26,28)(H,27,29)/t13-/m1/s1. The van der Waals surface area contributed by atoms with E-state index < -0.39 is 23.6 Å². The Morgan fingerprint density at radius 2 is 1.62 bits per heavy atom. The summed E-state index contributed by atoms with van der Waals surface area (Å²) in [5.74, 6) is -0.541. The van der Waals surface area contributed by atoms with Crippen molar-refractivity contribution in [2.75, 3.05) is 22.5 Å². The molecule has 29 heavy (non-hydrogen) atoms. The number of benzene rings is 2. The second-order valence-electron chi connectivity index (χ2n) is 6.77. The van der Waals surface area contributed by atoms with Gasteiger partial charge in [0, 0.05) is 24.0 Å². The highest BCUT2D eigenvalue weighted by molar-refractivity contribution is 5.94. The molecule has 0 spiro atoms. The largest absolute Gasteiger partial charge is 0.418 e. The summed E-state index contributed by atoms with van der Waals surface area (Å²) in [7, 11) is 0. The molecule has 0 fully saturated rings. The van der Waals surface area contributed by atoms with E-state index in [0.717, 1.165) is 18.1 Å². The highest BCUT2D eigenvalue weighted by atomic mass is 19.4. The molecule has 2 rings (SSSR count). The van der Waals surface area contributed by atoms with Crippen molar-refractivity contribution in [3.05, 3.63) is 53.6 Å². The third kappa shape index (κ3) is 6.51. The number of anilines is 3. The molecule has 3 N–H and O–H groups in total. The summed E-state index contributed by atoms with van der Waals surface area (Å²) >= 11 is 0. The molecule has 2 amide bonds. The van der Waals surface area contributed by atoms with Crippen molar-refractivity contribution < 1.29 is 22.8 Å². The Bertz CT molecular complexity index is 864. The first-order chi connectivity index (χ1) is 13.6. The molecule has 5 nitrogen and oxygen atoms in total. The van der Waals surface area contributed by atoms with E-state index in [1.165, 1.54) is 19.1 Å². The van der Waals surface area contributed by atoms with Crippen LogP contribution in [-0.2, 0) is 15.8 Å². The van der Waals surface area contributed by atoms with Gasteiger partial charge in [-0.1, -0.05) is 26.0 Å². The lowest BCUT2D eigenvalue weighted by Crippen LogP contribution is -2.23. The molecule has 0 aliphatic heterocycles. The molecule has 0 saturated heterocycles. The summed E-state index contributed by atoms with van der Waals surface area (Å²) in [4.78, 5) is 23.2. The van der Waals surface area contributed by atoms with Crippen LogP contribution in [0.25, 0.3) is 0 Å². The first kappa shape index (κ1) is 22.3. The van der Waals surface area contributed by atoms with E-state index in [0.29, 0.717) is 11.6 Å². The lowest BCUT2D eigenvalue weighted by atomic mass is 9.99. The monoisotopic (exact) mass is 407 g/mol. The van der Waals surface area contributed by atoms with Crippen molar-refractivity contribution >= 4 is 28.9 Å². The minimum Gasteiger partial charge on any atom is -0.376 e. The molecular weight excluding hydrogens is 383 g/mol. The molecule has 0 aliphatic rings. The lowest BCUT2D eigenvalue weighted by molar-refractivity contribution is -0.137. The summed E-state index contributed by atoms with van der Waals surface area (Å²) in [6.07, 6.45) is -3.64. The van der Waals surface area contributed by atoms with Crippen LogP contribution in [-0.4, -0.2) is 18.4 Å². The minimum absolute atomic E-state index is 0.0289. The Morgan fingerprint density at radius 3 is 2.17 bits per heavy atom. The van der Waals surface area contributed by atoms with Crippen LogP contribution in [0, 0.1) is 0 Å². The third-order valence-electron chi connectivity index (χ3n) is 4.46. The maximum Gasteiger partial charge on any atom is 0.418 e. The average Bonchev–Trinajstić information content (AvgIpc) is 2.65. The van der Waals surface area contributed by atoms with Crippen LogP contribution in [0.4, 0.5) is 30.2 Å². The van der Waals surface area contributed by atoms with Gasteiger partial charge in [0.15, 0.2) is 0 Å². The van der Waals surface area contributed by atoms with Crippen molar-refractivity contribution in [1.29, 1.82) is 0 Å². The molecule has 1 atom stereocenters. The number of hydrogen-bond acceptors (Lipinski definition) is 3. The van der Waals surface area contributed by atoms with E-state index in [1.807, 2.05) is 12.1 Å². The van der Waals surface area contributed by atoms with Gasteiger partial charge < -0.3 is 16.0 Å². The lowest BCUT2D eigenvalue weighted by Gasteiger charge is -2.16. The minimum atomic E-state index is -4.64. The van der Waals surface area contributed by atoms with E-state index in [-0.39, 0.29) is 17.9 Å². The quantitative estimate of drug-likeness (QED) is 0.589. The van der Waals surface area contributed by atoms with Crippen LogP contribution in [0.5, 0.6) is 0 Å². The van der Waals surface area contributed by atoms with Crippen molar-refractivity contribution in [2.24, 2.45) is 0 Å². The number of carbonyl (C=O) groups excluding carboxylic acids is 2. The van der Waals surface area contributed by atoms with E-state index in [4.69, 9.17) is 0 Å². The predicted octanol–water partition coefficient (Wildman–Crippen LogP) is 5.23. The zero-order chi connectivity index (χ0) is 21.6. The Hall–Kier alpha value is -3.03. The van der Waals surface area contributed by atoms with Gasteiger partial charge in [-0.3, -0.25) is 9.59 Å². The number of rotatable bonds is 7. The van der Waals surface area contributed by atoms with Crippen LogP contribution in [0.15, 0.2) is 42.5 Å². The summed E-state index contributed by atoms with van der Waals surface area (Å²) in [6.45, 7) is 5.06. The number of nitrogens with one attached hydrogen (secondary N) is 3. The topological polar surface area (TPSA) is 70.2 Å². The van der Waals surface area contributed by atoms with Gasteiger partial charge in [-0.25, -0.2) is 0 Å². The normalized spacial score (nSPS) is 12.2. The molecule has 2 aromatic rings. The van der Waals surface area contributed by atoms with Crippen molar-refractivity contribution in [3.63, 3.8) is 0 Å². The van der Waals surface area contributed by atoms with Gasteiger partial charge in [-0.2, -0.15) is 13.2 Å². The molecule has 0 radical (unpaired) electrons. The van der Waals surface area contributed by atoms with Gasteiger partial charge in [0.1, 0.15) is 0 Å². The maximum absolute atomic E-state index is 13.3. The number of halogens is 3. The number of carbonyl (C=O) groups is 2. The van der Waals surface area contributed by atoms with Gasteiger partial charge in [-0.15, -0.1) is 0 Å². The molecule has 2 aromatic carbocycles.